The molecule has 1 heterocycles. The quantitative estimate of drug-likeness (QED) is 0.838. The first-order valence-corrected chi connectivity index (χ1v) is 7.53. The Labute approximate surface area is 125 Å². The number of amides is 2. The van der Waals surface area contributed by atoms with Gasteiger partial charge in [-0.15, -0.1) is 0 Å². The van der Waals surface area contributed by atoms with E-state index in [9.17, 15) is 9.59 Å². The smallest absolute Gasteiger partial charge is 0.313 e. The second-order valence-corrected chi connectivity index (χ2v) is 5.68. The van der Waals surface area contributed by atoms with E-state index in [4.69, 9.17) is 0 Å². The van der Waals surface area contributed by atoms with E-state index in [1.54, 1.807) is 0 Å². The zero-order chi connectivity index (χ0) is 15.2. The molecule has 1 aromatic rings. The molecule has 0 saturated carbocycles. The summed E-state index contributed by atoms with van der Waals surface area (Å²) in [6, 6.07) is 7.60. The minimum absolute atomic E-state index is 0.0512. The number of carbonyl (C=O) groups excluding carboxylic acids is 2. The molecule has 2 amide bonds. The van der Waals surface area contributed by atoms with Crippen molar-refractivity contribution in [2.24, 2.45) is 0 Å². The van der Waals surface area contributed by atoms with Gasteiger partial charge in [0.1, 0.15) is 0 Å². The predicted molar refractivity (Wildman–Crippen MR) is 84.4 cm³/mol. The first kappa shape index (κ1) is 15.4. The van der Waals surface area contributed by atoms with Gasteiger partial charge >= 0.3 is 11.8 Å². The van der Waals surface area contributed by atoms with Crippen LogP contribution in [0.3, 0.4) is 0 Å². The third kappa shape index (κ3) is 4.48. The van der Waals surface area contributed by atoms with Crippen molar-refractivity contribution in [3.05, 3.63) is 24.3 Å². The van der Waals surface area contributed by atoms with Crippen LogP contribution in [0, 0.1) is 0 Å². The lowest BCUT2D eigenvalue weighted by Gasteiger charge is -2.28. The molecule has 0 atom stereocenters. The topological polar surface area (TPSA) is 61.4 Å². The first-order chi connectivity index (χ1) is 10.1. The summed E-state index contributed by atoms with van der Waals surface area (Å²) in [4.78, 5) is 25.6. The van der Waals surface area contributed by atoms with Gasteiger partial charge in [-0.3, -0.25) is 9.59 Å². The van der Waals surface area contributed by atoms with Crippen molar-refractivity contribution in [1.82, 2.24) is 5.32 Å². The largest absolute Gasteiger partial charge is 0.372 e. The molecule has 1 saturated heterocycles. The number of carbonyl (C=O) groups is 2. The summed E-state index contributed by atoms with van der Waals surface area (Å²) in [7, 11) is 0. The summed E-state index contributed by atoms with van der Waals surface area (Å²) in [5.74, 6) is -1.24. The standard InChI is InChI=1S/C16H23N3O2/c1-12(2)17-15(20)16(21)18-13-6-8-14(9-7-13)19-10-4-3-5-11-19/h6-9,12H,3-5,10-11H2,1-2H3,(H,17,20)(H,18,21). The third-order valence-electron chi connectivity index (χ3n) is 3.47. The Kier molecular flexibility index (Phi) is 5.20. The lowest BCUT2D eigenvalue weighted by molar-refractivity contribution is -0.136. The highest BCUT2D eigenvalue weighted by Gasteiger charge is 2.15. The summed E-state index contributed by atoms with van der Waals surface area (Å²) in [6.45, 7) is 5.81. The van der Waals surface area contributed by atoms with Crippen LogP contribution in [0.1, 0.15) is 33.1 Å². The molecule has 1 fully saturated rings. The van der Waals surface area contributed by atoms with Gasteiger partial charge < -0.3 is 15.5 Å². The van der Waals surface area contributed by atoms with Crippen LogP contribution in [0.5, 0.6) is 0 Å². The van der Waals surface area contributed by atoms with Gasteiger partial charge in [0.2, 0.25) is 0 Å². The first-order valence-electron chi connectivity index (χ1n) is 7.53. The Morgan fingerprint density at radius 3 is 2.19 bits per heavy atom. The van der Waals surface area contributed by atoms with Crippen LogP contribution in [-0.4, -0.2) is 30.9 Å². The SMILES string of the molecule is CC(C)NC(=O)C(=O)Nc1ccc(N2CCCCC2)cc1. The molecule has 5 heteroatoms. The fourth-order valence-electron chi connectivity index (χ4n) is 2.42. The Balaban J connectivity index is 1.92. The van der Waals surface area contributed by atoms with E-state index in [1.165, 1.54) is 24.9 Å². The molecule has 1 aliphatic rings. The van der Waals surface area contributed by atoms with Crippen LogP contribution in [0.4, 0.5) is 11.4 Å². The second kappa shape index (κ2) is 7.11. The Bertz CT molecular complexity index is 491. The number of nitrogens with one attached hydrogen (secondary N) is 2. The molecule has 0 spiro atoms. The van der Waals surface area contributed by atoms with Crippen LogP contribution >= 0.6 is 0 Å². The Morgan fingerprint density at radius 2 is 1.62 bits per heavy atom. The Hall–Kier alpha value is -2.04. The van der Waals surface area contributed by atoms with Gasteiger partial charge in [0, 0.05) is 30.5 Å². The van der Waals surface area contributed by atoms with Gasteiger partial charge in [0.25, 0.3) is 0 Å². The normalized spacial score (nSPS) is 14.9. The molecule has 0 radical (unpaired) electrons. The van der Waals surface area contributed by atoms with E-state index in [2.05, 4.69) is 15.5 Å². The third-order valence-corrected chi connectivity index (χ3v) is 3.47. The van der Waals surface area contributed by atoms with E-state index in [0.717, 1.165) is 13.1 Å². The number of piperidine rings is 1. The van der Waals surface area contributed by atoms with Crippen molar-refractivity contribution in [3.8, 4) is 0 Å². The number of benzene rings is 1. The molecule has 2 rings (SSSR count). The van der Waals surface area contributed by atoms with Gasteiger partial charge in [-0.05, 0) is 57.4 Å². The molecule has 0 aromatic heterocycles. The van der Waals surface area contributed by atoms with Crippen molar-refractivity contribution in [1.29, 1.82) is 0 Å². The summed E-state index contributed by atoms with van der Waals surface area (Å²) < 4.78 is 0. The molecule has 1 aromatic carbocycles. The van der Waals surface area contributed by atoms with Crippen LogP contribution < -0.4 is 15.5 Å². The molecule has 0 aliphatic carbocycles. The number of hydrogen-bond donors (Lipinski definition) is 2. The maximum Gasteiger partial charge on any atom is 0.313 e. The molecule has 21 heavy (non-hydrogen) atoms. The average molecular weight is 289 g/mol. The molecule has 0 unspecified atom stereocenters. The van der Waals surface area contributed by atoms with Crippen molar-refractivity contribution in [2.45, 2.75) is 39.2 Å². The number of hydrogen-bond acceptors (Lipinski definition) is 3. The van der Waals surface area contributed by atoms with Crippen LogP contribution in [-0.2, 0) is 9.59 Å². The van der Waals surface area contributed by atoms with Gasteiger partial charge in [-0.1, -0.05) is 0 Å². The number of nitrogens with zero attached hydrogens (tertiary/aromatic N) is 1. The van der Waals surface area contributed by atoms with E-state index in [0.29, 0.717) is 5.69 Å². The maximum atomic E-state index is 11.7. The summed E-state index contributed by atoms with van der Waals surface area (Å²) in [5, 5.41) is 5.17. The summed E-state index contributed by atoms with van der Waals surface area (Å²) >= 11 is 0. The fraction of sp³-hybridized carbons (Fsp3) is 0.500. The highest BCUT2D eigenvalue weighted by atomic mass is 16.2. The minimum atomic E-state index is -0.630. The molecular weight excluding hydrogens is 266 g/mol. The van der Waals surface area contributed by atoms with E-state index >= 15 is 0 Å². The molecule has 0 bridgehead atoms. The molecule has 114 valence electrons. The lowest BCUT2D eigenvalue weighted by atomic mass is 10.1. The zero-order valence-electron chi connectivity index (χ0n) is 12.7. The van der Waals surface area contributed by atoms with Crippen molar-refractivity contribution in [2.75, 3.05) is 23.3 Å². The van der Waals surface area contributed by atoms with E-state index in [-0.39, 0.29) is 6.04 Å². The highest BCUT2D eigenvalue weighted by molar-refractivity contribution is 6.39. The van der Waals surface area contributed by atoms with Crippen molar-refractivity contribution in [3.63, 3.8) is 0 Å². The summed E-state index contributed by atoms with van der Waals surface area (Å²) in [5.41, 5.74) is 1.80. The zero-order valence-corrected chi connectivity index (χ0v) is 12.7. The van der Waals surface area contributed by atoms with Gasteiger partial charge in [-0.25, -0.2) is 0 Å². The monoisotopic (exact) mass is 289 g/mol. The van der Waals surface area contributed by atoms with Crippen LogP contribution in [0.2, 0.25) is 0 Å². The second-order valence-electron chi connectivity index (χ2n) is 5.68. The van der Waals surface area contributed by atoms with Gasteiger partial charge in [0.15, 0.2) is 0 Å². The van der Waals surface area contributed by atoms with E-state index in [1.807, 2.05) is 38.1 Å². The minimum Gasteiger partial charge on any atom is -0.372 e. The van der Waals surface area contributed by atoms with Crippen LogP contribution in [0.25, 0.3) is 0 Å². The summed E-state index contributed by atoms with van der Waals surface area (Å²) in [6.07, 6.45) is 3.76. The number of rotatable bonds is 3. The molecule has 2 N–H and O–H groups in total. The van der Waals surface area contributed by atoms with Gasteiger partial charge in [-0.2, -0.15) is 0 Å². The van der Waals surface area contributed by atoms with E-state index < -0.39 is 11.8 Å². The lowest BCUT2D eigenvalue weighted by Crippen LogP contribution is -2.39. The highest BCUT2D eigenvalue weighted by Crippen LogP contribution is 2.21. The average Bonchev–Trinajstić information content (AvgIpc) is 2.48. The molecule has 1 aliphatic heterocycles. The Morgan fingerprint density at radius 1 is 1.00 bits per heavy atom. The predicted octanol–water partition coefficient (Wildman–Crippen LogP) is 2.14. The van der Waals surface area contributed by atoms with Gasteiger partial charge in [0.05, 0.1) is 0 Å². The van der Waals surface area contributed by atoms with Crippen LogP contribution in [0.15, 0.2) is 24.3 Å². The number of anilines is 2. The molecule has 5 nitrogen and oxygen atoms in total. The van der Waals surface area contributed by atoms with Crippen molar-refractivity contribution < 1.29 is 9.59 Å². The maximum absolute atomic E-state index is 11.7. The van der Waals surface area contributed by atoms with Crippen molar-refractivity contribution >= 4 is 23.2 Å². The molecular formula is C16H23N3O2. The fourth-order valence-corrected chi connectivity index (χ4v) is 2.42.